The Hall–Kier alpha value is -4.23. The Morgan fingerprint density at radius 3 is 2.25 bits per heavy atom. The van der Waals surface area contributed by atoms with Crippen LogP contribution >= 0.6 is 0 Å². The maximum Gasteiger partial charge on any atom is 0.251 e. The molecular weight excluding hydrogens is 500 g/mol. The van der Waals surface area contributed by atoms with E-state index in [0.29, 0.717) is 33.7 Å². The highest BCUT2D eigenvalue weighted by molar-refractivity contribution is 6.23. The van der Waals surface area contributed by atoms with Gasteiger partial charge in [0, 0.05) is 30.0 Å². The molecule has 2 atom stereocenters. The second kappa shape index (κ2) is 10.7. The summed E-state index contributed by atoms with van der Waals surface area (Å²) in [5.41, 5.74) is 4.01. The van der Waals surface area contributed by atoms with Gasteiger partial charge in [0.05, 0.1) is 28.9 Å². The summed E-state index contributed by atoms with van der Waals surface area (Å²) < 4.78 is 1.31. The van der Waals surface area contributed by atoms with Crippen LogP contribution in [0.5, 0.6) is 5.88 Å². The van der Waals surface area contributed by atoms with Crippen LogP contribution in [0.3, 0.4) is 0 Å². The molecule has 0 saturated carbocycles. The molecule has 40 heavy (non-hydrogen) atoms. The van der Waals surface area contributed by atoms with Crippen molar-refractivity contribution in [1.82, 2.24) is 14.8 Å². The van der Waals surface area contributed by atoms with Crippen molar-refractivity contribution in [1.29, 1.82) is 0 Å². The van der Waals surface area contributed by atoms with Crippen LogP contribution in [0.1, 0.15) is 64.6 Å². The van der Waals surface area contributed by atoms with Crippen molar-refractivity contribution in [2.75, 3.05) is 19.6 Å². The highest BCUT2D eigenvalue weighted by Gasteiger charge is 2.35. The van der Waals surface area contributed by atoms with Crippen LogP contribution in [0, 0.1) is 5.92 Å². The summed E-state index contributed by atoms with van der Waals surface area (Å²) in [4.78, 5) is 33.9. The molecular formula is C33H34N4O3. The van der Waals surface area contributed by atoms with Gasteiger partial charge >= 0.3 is 0 Å². The van der Waals surface area contributed by atoms with Gasteiger partial charge in [-0.3, -0.25) is 19.1 Å². The summed E-state index contributed by atoms with van der Waals surface area (Å²) in [6.07, 6.45) is 2.22. The van der Waals surface area contributed by atoms with Gasteiger partial charge in [0.2, 0.25) is 11.8 Å². The summed E-state index contributed by atoms with van der Waals surface area (Å²) in [7, 11) is 0. The number of hydrogen-bond donors (Lipinski definition) is 2. The number of fused-ring (bicyclic) bond motifs is 4. The van der Waals surface area contributed by atoms with E-state index in [9.17, 15) is 14.7 Å². The SMILES string of the molecule is CC(=O)n1c(O)c(C(=NC2CN3CCC2CC3)c2ccccc2)c2cc(C(=O)NC(C)c3ccccc3)ccc21. The number of nitrogens with zero attached hydrogens (tertiary/aromatic N) is 3. The Morgan fingerprint density at radius 1 is 0.950 bits per heavy atom. The van der Waals surface area contributed by atoms with E-state index in [1.54, 1.807) is 18.2 Å². The molecule has 3 aliphatic rings. The van der Waals surface area contributed by atoms with Crippen molar-refractivity contribution in [2.24, 2.45) is 10.9 Å². The number of rotatable bonds is 6. The lowest BCUT2D eigenvalue weighted by Gasteiger charge is -2.43. The highest BCUT2D eigenvalue weighted by atomic mass is 16.3. The summed E-state index contributed by atoms with van der Waals surface area (Å²) in [6, 6.07) is 24.7. The maximum atomic E-state index is 13.4. The number of benzene rings is 3. The van der Waals surface area contributed by atoms with Crippen molar-refractivity contribution < 1.29 is 14.7 Å². The number of piperidine rings is 3. The second-order valence-electron chi connectivity index (χ2n) is 10.9. The molecule has 2 N–H and O–H groups in total. The summed E-state index contributed by atoms with van der Waals surface area (Å²) in [6.45, 7) is 6.47. The van der Waals surface area contributed by atoms with Crippen molar-refractivity contribution in [3.8, 4) is 5.88 Å². The Bertz CT molecular complexity index is 1580. The van der Waals surface area contributed by atoms with Crippen molar-refractivity contribution in [2.45, 2.75) is 38.8 Å². The predicted octanol–water partition coefficient (Wildman–Crippen LogP) is 5.43. The van der Waals surface area contributed by atoms with Crippen LogP contribution in [0.25, 0.3) is 10.9 Å². The lowest BCUT2D eigenvalue weighted by atomic mass is 9.84. The van der Waals surface area contributed by atoms with E-state index >= 15 is 0 Å². The summed E-state index contributed by atoms with van der Waals surface area (Å²) in [5.74, 6) is -0.192. The zero-order valence-electron chi connectivity index (χ0n) is 22.9. The fourth-order valence-electron chi connectivity index (χ4n) is 6.20. The minimum Gasteiger partial charge on any atom is -0.494 e. The van der Waals surface area contributed by atoms with Gasteiger partial charge in [-0.1, -0.05) is 60.7 Å². The first kappa shape index (κ1) is 26.0. The fourth-order valence-corrected chi connectivity index (χ4v) is 6.20. The molecule has 3 fully saturated rings. The molecule has 4 heterocycles. The van der Waals surface area contributed by atoms with Crippen LogP contribution < -0.4 is 5.32 Å². The van der Waals surface area contributed by atoms with E-state index in [2.05, 4.69) is 10.2 Å². The standard InChI is InChI=1S/C33H34N4O3/c1-21(23-9-5-3-6-10-23)34-32(39)26-13-14-29-27(19-26)30(33(40)37(29)22(2)38)31(25-11-7-4-8-12-25)35-28-20-36-17-15-24(28)16-18-36/h3-14,19,21,24,28,40H,15-18,20H2,1-2H3,(H,34,39). The minimum atomic E-state index is -0.307. The van der Waals surface area contributed by atoms with E-state index in [-0.39, 0.29) is 29.8 Å². The van der Waals surface area contributed by atoms with Crippen molar-refractivity contribution in [3.63, 3.8) is 0 Å². The second-order valence-corrected chi connectivity index (χ2v) is 10.9. The highest BCUT2D eigenvalue weighted by Crippen LogP contribution is 2.36. The van der Waals surface area contributed by atoms with Gasteiger partial charge < -0.3 is 15.3 Å². The first-order valence-electron chi connectivity index (χ1n) is 14.0. The molecule has 0 aliphatic carbocycles. The third-order valence-corrected chi connectivity index (χ3v) is 8.37. The zero-order valence-corrected chi connectivity index (χ0v) is 22.9. The van der Waals surface area contributed by atoms with Gasteiger partial charge in [-0.15, -0.1) is 0 Å². The minimum absolute atomic E-state index is 0.103. The third-order valence-electron chi connectivity index (χ3n) is 8.37. The van der Waals surface area contributed by atoms with Gasteiger partial charge in [-0.05, 0) is 62.5 Å². The molecule has 3 aromatic carbocycles. The number of carbonyl (C=O) groups excluding carboxylic acids is 2. The van der Waals surface area contributed by atoms with Crippen LogP contribution in [0.15, 0.2) is 83.9 Å². The topological polar surface area (TPSA) is 86.9 Å². The number of aromatic hydroxyl groups is 1. The quantitative estimate of drug-likeness (QED) is 0.323. The molecule has 7 nitrogen and oxygen atoms in total. The summed E-state index contributed by atoms with van der Waals surface area (Å²) >= 11 is 0. The van der Waals surface area contributed by atoms with Gasteiger partial charge in [-0.2, -0.15) is 0 Å². The molecule has 3 saturated heterocycles. The van der Waals surface area contributed by atoms with Gasteiger partial charge in [0.25, 0.3) is 5.91 Å². The molecule has 2 unspecified atom stereocenters. The molecule has 3 aliphatic heterocycles. The predicted molar refractivity (Wildman–Crippen MR) is 157 cm³/mol. The fraction of sp³-hybridized carbons (Fsp3) is 0.303. The third kappa shape index (κ3) is 4.82. The van der Waals surface area contributed by atoms with Crippen LogP contribution in [-0.4, -0.2) is 57.8 Å². The van der Waals surface area contributed by atoms with Gasteiger partial charge in [0.1, 0.15) is 0 Å². The summed E-state index contributed by atoms with van der Waals surface area (Å²) in [5, 5.41) is 15.2. The molecule has 1 aromatic heterocycles. The number of carbonyl (C=O) groups is 2. The Balaban J connectivity index is 1.47. The number of hydrogen-bond acceptors (Lipinski definition) is 5. The molecule has 0 radical (unpaired) electrons. The average molecular weight is 535 g/mol. The largest absolute Gasteiger partial charge is 0.494 e. The first-order chi connectivity index (χ1) is 19.4. The molecule has 204 valence electrons. The Morgan fingerprint density at radius 2 is 1.62 bits per heavy atom. The van der Waals surface area contributed by atoms with Gasteiger partial charge in [0.15, 0.2) is 0 Å². The molecule has 7 heteroatoms. The molecule has 7 rings (SSSR count). The van der Waals surface area contributed by atoms with E-state index in [0.717, 1.165) is 43.6 Å². The molecule has 4 aromatic rings. The molecule has 0 spiro atoms. The van der Waals surface area contributed by atoms with E-state index < -0.39 is 0 Å². The number of aliphatic imine (C=N–C) groups is 1. The first-order valence-corrected chi connectivity index (χ1v) is 14.0. The smallest absolute Gasteiger partial charge is 0.251 e. The molecule has 2 bridgehead atoms. The lowest BCUT2D eigenvalue weighted by Crippen LogP contribution is -2.49. The number of amides is 1. The number of nitrogens with one attached hydrogen (secondary N) is 1. The van der Waals surface area contributed by atoms with Crippen molar-refractivity contribution >= 4 is 28.4 Å². The van der Waals surface area contributed by atoms with E-state index in [4.69, 9.17) is 4.99 Å². The van der Waals surface area contributed by atoms with Crippen molar-refractivity contribution in [3.05, 3.63) is 101 Å². The normalized spacial score (nSPS) is 21.4. The maximum absolute atomic E-state index is 13.4. The number of aromatic nitrogens is 1. The van der Waals surface area contributed by atoms with Crippen LogP contribution in [0.4, 0.5) is 0 Å². The van der Waals surface area contributed by atoms with E-state index in [1.807, 2.05) is 67.6 Å². The van der Waals surface area contributed by atoms with Crippen LogP contribution in [0.2, 0.25) is 0 Å². The zero-order chi connectivity index (χ0) is 27.8. The Labute approximate surface area is 234 Å². The Kier molecular flexibility index (Phi) is 6.98. The molecule has 1 amide bonds. The lowest BCUT2D eigenvalue weighted by molar-refractivity contribution is 0.0906. The monoisotopic (exact) mass is 534 g/mol. The van der Waals surface area contributed by atoms with Crippen LogP contribution in [-0.2, 0) is 0 Å². The average Bonchev–Trinajstić information content (AvgIpc) is 3.28. The van der Waals surface area contributed by atoms with Gasteiger partial charge in [-0.25, -0.2) is 0 Å². The van der Waals surface area contributed by atoms with E-state index in [1.165, 1.54) is 11.5 Å².